The summed E-state index contributed by atoms with van der Waals surface area (Å²) in [4.78, 5) is 0. The third kappa shape index (κ3) is 1.82. The van der Waals surface area contributed by atoms with Crippen LogP contribution < -0.4 is 0 Å². The molecule has 0 amide bonds. The fourth-order valence-corrected chi connectivity index (χ4v) is 3.48. The van der Waals surface area contributed by atoms with E-state index in [0.717, 1.165) is 0 Å². The molecule has 0 aromatic rings. The minimum absolute atomic E-state index is 1.39. The van der Waals surface area contributed by atoms with Crippen LogP contribution in [0.5, 0.6) is 0 Å². The first-order valence-corrected chi connectivity index (χ1v) is 6.95. The van der Waals surface area contributed by atoms with Gasteiger partial charge in [-0.05, 0) is 37.5 Å². The monoisotopic (exact) mass is 196 g/mol. The number of terminal acetylenes is 1. The van der Waals surface area contributed by atoms with E-state index in [2.05, 4.69) is 61.8 Å². The molecule has 0 saturated carbocycles. The van der Waals surface area contributed by atoms with Crippen LogP contribution in [-0.2, 0) is 0 Å². The molecule has 14 heavy (non-hydrogen) atoms. The molecular weight excluding hydrogens is 184 g/mol. The second-order valence-corrected chi connectivity index (χ2v) is 7.55. The molecule has 0 unspecified atom stereocenters. The zero-order valence-electron chi connectivity index (χ0n) is 8.73. The van der Waals surface area contributed by atoms with Gasteiger partial charge in [-0.2, -0.15) is 0 Å². The highest BCUT2D eigenvalue weighted by Gasteiger charge is 2.32. The number of hydrogen-bond acceptors (Lipinski definition) is 0. The molecule has 1 aliphatic rings. The van der Waals surface area contributed by atoms with Crippen LogP contribution in [0.15, 0.2) is 22.5 Å². The Balaban J connectivity index is 2.97. The maximum Gasteiger partial charge on any atom is 0.189 e. The van der Waals surface area contributed by atoms with Crippen LogP contribution in [0, 0.1) is 35.6 Å². The summed E-state index contributed by atoms with van der Waals surface area (Å²) in [5, 5.41) is 2.79. The lowest BCUT2D eigenvalue weighted by Gasteiger charge is -2.17. The van der Waals surface area contributed by atoms with Crippen LogP contribution in [0.1, 0.15) is 13.8 Å². The number of rotatable bonds is 0. The van der Waals surface area contributed by atoms with E-state index in [1.165, 1.54) is 10.4 Å². The Morgan fingerprint density at radius 3 is 2.14 bits per heavy atom. The second-order valence-electron chi connectivity index (χ2n) is 3.47. The molecule has 1 rings (SSSR count). The molecule has 0 spiro atoms. The highest BCUT2D eigenvalue weighted by Crippen LogP contribution is 2.27. The van der Waals surface area contributed by atoms with E-state index in [0.29, 0.717) is 0 Å². The van der Waals surface area contributed by atoms with Crippen LogP contribution in [-0.4, -0.2) is 8.07 Å². The van der Waals surface area contributed by atoms with Gasteiger partial charge in [0.1, 0.15) is 0 Å². The summed E-state index contributed by atoms with van der Waals surface area (Å²) in [6, 6.07) is 0. The maximum absolute atomic E-state index is 5.01. The van der Waals surface area contributed by atoms with E-state index in [9.17, 15) is 0 Å². The standard InChI is InChI=1S/C13H12Si/c1-5-6-7-8-11-14(4)12(2)9-10-13(14)3/h1,9-10H,2-4H3. The van der Waals surface area contributed by atoms with Gasteiger partial charge in [0.05, 0.1) is 0 Å². The first-order valence-electron chi connectivity index (χ1n) is 4.45. The summed E-state index contributed by atoms with van der Waals surface area (Å²) in [5.41, 5.74) is 3.28. The lowest BCUT2D eigenvalue weighted by Crippen LogP contribution is -2.30. The van der Waals surface area contributed by atoms with E-state index in [1.807, 2.05) is 0 Å². The zero-order chi connectivity index (χ0) is 10.6. The van der Waals surface area contributed by atoms with Gasteiger partial charge in [-0.25, -0.2) is 0 Å². The lowest BCUT2D eigenvalue weighted by molar-refractivity contribution is 1.57. The summed E-state index contributed by atoms with van der Waals surface area (Å²) >= 11 is 0. The normalized spacial score (nSPS) is 16.4. The van der Waals surface area contributed by atoms with Gasteiger partial charge in [-0.15, -0.1) is 12.0 Å². The Hall–Kier alpha value is -1.62. The minimum atomic E-state index is -1.65. The highest BCUT2D eigenvalue weighted by atomic mass is 28.3. The molecule has 0 atom stereocenters. The van der Waals surface area contributed by atoms with E-state index in [-0.39, 0.29) is 0 Å². The topological polar surface area (TPSA) is 0 Å². The number of hydrogen-bond donors (Lipinski definition) is 0. The molecule has 0 aromatic carbocycles. The Morgan fingerprint density at radius 2 is 1.64 bits per heavy atom. The maximum atomic E-state index is 5.01. The molecule has 0 N–H and O–H groups in total. The van der Waals surface area contributed by atoms with Gasteiger partial charge >= 0.3 is 0 Å². The molecule has 1 heteroatoms. The molecule has 0 bridgehead atoms. The Morgan fingerprint density at radius 1 is 1.07 bits per heavy atom. The molecule has 0 aromatic heterocycles. The van der Waals surface area contributed by atoms with Crippen molar-refractivity contribution in [3.05, 3.63) is 22.5 Å². The van der Waals surface area contributed by atoms with Crippen molar-refractivity contribution < 1.29 is 0 Å². The smallest absolute Gasteiger partial charge is 0.107 e. The van der Waals surface area contributed by atoms with E-state index in [1.54, 1.807) is 0 Å². The summed E-state index contributed by atoms with van der Waals surface area (Å²) in [7, 11) is -1.65. The largest absolute Gasteiger partial charge is 0.189 e. The molecule has 1 aliphatic heterocycles. The van der Waals surface area contributed by atoms with Crippen molar-refractivity contribution in [3.8, 4) is 35.6 Å². The molecule has 0 saturated heterocycles. The Labute approximate surface area is 87.1 Å². The average molecular weight is 196 g/mol. The fraction of sp³-hybridized carbons (Fsp3) is 0.231. The summed E-state index contributed by atoms with van der Waals surface area (Å²) in [5.74, 6) is 10.3. The van der Waals surface area contributed by atoms with Gasteiger partial charge < -0.3 is 0 Å². The van der Waals surface area contributed by atoms with Crippen molar-refractivity contribution in [3.63, 3.8) is 0 Å². The van der Waals surface area contributed by atoms with Gasteiger partial charge in [-0.3, -0.25) is 0 Å². The van der Waals surface area contributed by atoms with Crippen molar-refractivity contribution in [2.45, 2.75) is 20.4 Å². The predicted octanol–water partition coefficient (Wildman–Crippen LogP) is 2.23. The van der Waals surface area contributed by atoms with Crippen molar-refractivity contribution >= 4 is 8.07 Å². The van der Waals surface area contributed by atoms with Gasteiger partial charge in [-0.1, -0.05) is 29.1 Å². The SMILES string of the molecule is C#CC#CC#C[Si]1(C)C(C)=CC=C1C. The van der Waals surface area contributed by atoms with Crippen LogP contribution >= 0.6 is 0 Å². The van der Waals surface area contributed by atoms with Gasteiger partial charge in [0.25, 0.3) is 0 Å². The Kier molecular flexibility index (Phi) is 3.03. The molecule has 0 aliphatic carbocycles. The predicted molar refractivity (Wildman–Crippen MR) is 63.5 cm³/mol. The molecule has 1 heterocycles. The fourth-order valence-electron chi connectivity index (χ4n) is 1.32. The van der Waals surface area contributed by atoms with E-state index in [4.69, 9.17) is 6.42 Å². The molecule has 0 nitrogen and oxygen atoms in total. The van der Waals surface area contributed by atoms with Crippen LogP contribution in [0.25, 0.3) is 0 Å². The zero-order valence-corrected chi connectivity index (χ0v) is 9.73. The first kappa shape index (κ1) is 10.5. The van der Waals surface area contributed by atoms with Crippen molar-refractivity contribution in [1.82, 2.24) is 0 Å². The van der Waals surface area contributed by atoms with Gasteiger partial charge in [0.2, 0.25) is 0 Å². The Bertz CT molecular complexity index is 443. The molecule has 0 fully saturated rings. The molecule has 68 valence electrons. The molecular formula is C13H12Si. The second kappa shape index (κ2) is 4.06. The van der Waals surface area contributed by atoms with Gasteiger partial charge in [0, 0.05) is 0 Å². The molecule has 0 radical (unpaired) electrons. The third-order valence-electron chi connectivity index (χ3n) is 2.67. The van der Waals surface area contributed by atoms with Gasteiger partial charge in [0.15, 0.2) is 8.07 Å². The quantitative estimate of drug-likeness (QED) is 0.412. The summed E-state index contributed by atoms with van der Waals surface area (Å²) in [6.07, 6.45) is 9.32. The number of allylic oxidation sites excluding steroid dienone is 4. The summed E-state index contributed by atoms with van der Waals surface area (Å²) < 4.78 is 0. The third-order valence-corrected chi connectivity index (χ3v) is 6.78. The van der Waals surface area contributed by atoms with Crippen molar-refractivity contribution in [1.29, 1.82) is 0 Å². The van der Waals surface area contributed by atoms with Crippen LogP contribution in [0.2, 0.25) is 6.55 Å². The van der Waals surface area contributed by atoms with E-state index >= 15 is 0 Å². The average Bonchev–Trinajstić information content (AvgIpc) is 2.42. The van der Waals surface area contributed by atoms with Crippen molar-refractivity contribution in [2.24, 2.45) is 0 Å². The summed E-state index contributed by atoms with van der Waals surface area (Å²) in [6.45, 7) is 6.52. The van der Waals surface area contributed by atoms with Crippen LogP contribution in [0.3, 0.4) is 0 Å². The lowest BCUT2D eigenvalue weighted by atomic mass is 10.5. The van der Waals surface area contributed by atoms with Crippen LogP contribution in [0.4, 0.5) is 0 Å². The highest BCUT2D eigenvalue weighted by molar-refractivity contribution is 6.98. The van der Waals surface area contributed by atoms with Crippen molar-refractivity contribution in [2.75, 3.05) is 0 Å². The van der Waals surface area contributed by atoms with E-state index < -0.39 is 8.07 Å². The minimum Gasteiger partial charge on any atom is -0.107 e. The first-order chi connectivity index (χ1) is 6.61.